The Bertz CT molecular complexity index is 358. The van der Waals surface area contributed by atoms with Crippen molar-refractivity contribution in [1.82, 2.24) is 0 Å². The van der Waals surface area contributed by atoms with Gasteiger partial charge in [-0.15, -0.1) is 0 Å². The minimum Gasteiger partial charge on any atom is -0.388 e. The zero-order valence-corrected chi connectivity index (χ0v) is 10.0. The number of rotatable bonds is 2. The maximum absolute atomic E-state index is 10.3. The monoisotopic (exact) mass is 236 g/mol. The van der Waals surface area contributed by atoms with Gasteiger partial charge in [-0.25, -0.2) is 0 Å². The number of aliphatic hydroxyl groups excluding tert-OH is 1. The molecule has 1 saturated carbocycles. The van der Waals surface area contributed by atoms with Crippen LogP contribution in [0.5, 0.6) is 0 Å². The molecule has 16 heavy (non-hydrogen) atoms. The van der Waals surface area contributed by atoms with E-state index in [1.807, 2.05) is 30.3 Å². The third-order valence-electron chi connectivity index (χ3n) is 3.37. The molecule has 2 atom stereocenters. The molecule has 1 fully saturated rings. The fourth-order valence-electron chi connectivity index (χ4n) is 2.44. The molecule has 86 valence electrons. The lowest BCUT2D eigenvalue weighted by Crippen LogP contribution is -2.18. The summed E-state index contributed by atoms with van der Waals surface area (Å²) in [5.41, 5.74) is 3.85. The summed E-state index contributed by atoms with van der Waals surface area (Å²) in [5.74, 6) is 0.202. The summed E-state index contributed by atoms with van der Waals surface area (Å²) in [5, 5.41) is 10.3. The standard InChI is InChI=1S/C14H17ClO/c15-10-12-8-4-5-9-13(12)14(16)11-6-2-1-3-7-11/h1-3,6-7,10,13-14,16H,4-5,8-9H2/b12-10+/t13-,14+/m0/s1. The summed E-state index contributed by atoms with van der Waals surface area (Å²) in [7, 11) is 0. The fourth-order valence-corrected chi connectivity index (χ4v) is 2.71. The van der Waals surface area contributed by atoms with E-state index in [-0.39, 0.29) is 5.92 Å². The van der Waals surface area contributed by atoms with Gasteiger partial charge in [0.25, 0.3) is 0 Å². The van der Waals surface area contributed by atoms with E-state index < -0.39 is 6.10 Å². The molecule has 0 amide bonds. The highest BCUT2D eigenvalue weighted by Gasteiger charge is 2.26. The van der Waals surface area contributed by atoms with Crippen LogP contribution in [0, 0.1) is 5.92 Å². The van der Waals surface area contributed by atoms with Crippen LogP contribution >= 0.6 is 11.6 Å². The SMILES string of the molecule is O[C@H](c1ccccc1)[C@H]1CCCC/C1=C\Cl. The highest BCUT2D eigenvalue weighted by Crippen LogP contribution is 2.38. The lowest BCUT2D eigenvalue weighted by molar-refractivity contribution is 0.112. The largest absolute Gasteiger partial charge is 0.388 e. The van der Waals surface area contributed by atoms with Gasteiger partial charge < -0.3 is 5.11 Å². The zero-order valence-electron chi connectivity index (χ0n) is 9.27. The van der Waals surface area contributed by atoms with Gasteiger partial charge >= 0.3 is 0 Å². The van der Waals surface area contributed by atoms with E-state index in [1.165, 1.54) is 18.4 Å². The van der Waals surface area contributed by atoms with Gasteiger partial charge in [0, 0.05) is 11.5 Å². The molecule has 0 saturated heterocycles. The van der Waals surface area contributed by atoms with Crippen molar-refractivity contribution in [3.05, 3.63) is 47.0 Å². The molecule has 1 aliphatic rings. The van der Waals surface area contributed by atoms with Crippen LogP contribution in [0.15, 0.2) is 41.4 Å². The van der Waals surface area contributed by atoms with E-state index in [0.29, 0.717) is 0 Å². The van der Waals surface area contributed by atoms with Crippen molar-refractivity contribution in [2.24, 2.45) is 5.92 Å². The molecular formula is C14H17ClO. The lowest BCUT2D eigenvalue weighted by atomic mass is 9.79. The first-order valence-corrected chi connectivity index (χ1v) is 6.28. The minimum atomic E-state index is -0.411. The molecule has 0 heterocycles. The number of halogens is 1. The van der Waals surface area contributed by atoms with Gasteiger partial charge in [0.15, 0.2) is 0 Å². The molecule has 2 rings (SSSR count). The number of hydrogen-bond acceptors (Lipinski definition) is 1. The molecule has 0 aliphatic heterocycles. The van der Waals surface area contributed by atoms with Crippen LogP contribution in [0.4, 0.5) is 0 Å². The van der Waals surface area contributed by atoms with Crippen LogP contribution in [-0.4, -0.2) is 5.11 Å². The van der Waals surface area contributed by atoms with E-state index in [4.69, 9.17) is 11.6 Å². The van der Waals surface area contributed by atoms with Crippen molar-refractivity contribution in [2.75, 3.05) is 0 Å². The van der Waals surface area contributed by atoms with Crippen LogP contribution in [0.1, 0.15) is 37.4 Å². The van der Waals surface area contributed by atoms with E-state index in [0.717, 1.165) is 18.4 Å². The average molecular weight is 237 g/mol. The first-order chi connectivity index (χ1) is 7.83. The minimum absolute atomic E-state index is 0.202. The van der Waals surface area contributed by atoms with Gasteiger partial charge in [-0.3, -0.25) is 0 Å². The smallest absolute Gasteiger partial charge is 0.0855 e. The summed E-state index contributed by atoms with van der Waals surface area (Å²) in [6.45, 7) is 0. The molecule has 1 aromatic rings. The predicted molar refractivity (Wildman–Crippen MR) is 67.3 cm³/mol. The fraction of sp³-hybridized carbons (Fsp3) is 0.429. The molecular weight excluding hydrogens is 220 g/mol. The molecule has 0 bridgehead atoms. The normalized spacial score (nSPS) is 25.6. The summed E-state index contributed by atoms with van der Waals surface area (Å²) in [6.07, 6.45) is 4.03. The Morgan fingerprint density at radius 2 is 2.00 bits per heavy atom. The van der Waals surface area contributed by atoms with Gasteiger partial charge in [0.05, 0.1) is 6.10 Å². The van der Waals surface area contributed by atoms with Crippen LogP contribution in [0.2, 0.25) is 0 Å². The molecule has 0 unspecified atom stereocenters. The molecule has 2 heteroatoms. The second kappa shape index (κ2) is 5.51. The van der Waals surface area contributed by atoms with Gasteiger partial charge in [-0.1, -0.05) is 53.9 Å². The Balaban J connectivity index is 2.17. The van der Waals surface area contributed by atoms with E-state index >= 15 is 0 Å². The molecule has 1 aliphatic carbocycles. The Kier molecular flexibility index (Phi) is 4.03. The van der Waals surface area contributed by atoms with Crippen molar-refractivity contribution in [3.63, 3.8) is 0 Å². The molecule has 1 aromatic carbocycles. The Hall–Kier alpha value is -0.790. The van der Waals surface area contributed by atoms with E-state index in [2.05, 4.69) is 0 Å². The number of aliphatic hydroxyl groups is 1. The van der Waals surface area contributed by atoms with Crippen molar-refractivity contribution in [3.8, 4) is 0 Å². The highest BCUT2D eigenvalue weighted by atomic mass is 35.5. The average Bonchev–Trinajstić information content (AvgIpc) is 2.39. The highest BCUT2D eigenvalue weighted by molar-refractivity contribution is 6.25. The van der Waals surface area contributed by atoms with Gasteiger partial charge in [-0.2, -0.15) is 0 Å². The number of benzene rings is 1. The maximum Gasteiger partial charge on any atom is 0.0855 e. The molecule has 0 aromatic heterocycles. The van der Waals surface area contributed by atoms with Crippen LogP contribution in [0.25, 0.3) is 0 Å². The molecule has 0 radical (unpaired) electrons. The maximum atomic E-state index is 10.3. The summed E-state index contributed by atoms with van der Waals surface area (Å²) >= 11 is 5.83. The third kappa shape index (κ3) is 2.47. The van der Waals surface area contributed by atoms with Gasteiger partial charge in [-0.05, 0) is 24.8 Å². The van der Waals surface area contributed by atoms with Crippen LogP contribution in [0.3, 0.4) is 0 Å². The van der Waals surface area contributed by atoms with Crippen molar-refractivity contribution < 1.29 is 5.11 Å². The third-order valence-corrected chi connectivity index (χ3v) is 3.65. The molecule has 1 nitrogen and oxygen atoms in total. The van der Waals surface area contributed by atoms with E-state index in [1.54, 1.807) is 5.54 Å². The zero-order chi connectivity index (χ0) is 11.4. The topological polar surface area (TPSA) is 20.2 Å². The predicted octanol–water partition coefficient (Wildman–Crippen LogP) is 4.03. The first-order valence-electron chi connectivity index (χ1n) is 5.85. The first kappa shape index (κ1) is 11.7. The van der Waals surface area contributed by atoms with Crippen molar-refractivity contribution in [2.45, 2.75) is 31.8 Å². The Morgan fingerprint density at radius 1 is 1.25 bits per heavy atom. The second-order valence-corrected chi connectivity index (χ2v) is 4.61. The van der Waals surface area contributed by atoms with Crippen LogP contribution in [-0.2, 0) is 0 Å². The van der Waals surface area contributed by atoms with Crippen molar-refractivity contribution in [1.29, 1.82) is 0 Å². The van der Waals surface area contributed by atoms with Gasteiger partial charge in [0.2, 0.25) is 0 Å². The van der Waals surface area contributed by atoms with E-state index in [9.17, 15) is 5.11 Å². The lowest BCUT2D eigenvalue weighted by Gasteiger charge is -2.29. The Morgan fingerprint density at radius 3 is 2.69 bits per heavy atom. The van der Waals surface area contributed by atoms with Crippen LogP contribution < -0.4 is 0 Å². The molecule has 0 spiro atoms. The summed E-state index contributed by atoms with van der Waals surface area (Å²) in [6, 6.07) is 9.85. The Labute approximate surface area is 102 Å². The quantitative estimate of drug-likeness (QED) is 0.822. The summed E-state index contributed by atoms with van der Waals surface area (Å²) in [4.78, 5) is 0. The number of hydrogen-bond donors (Lipinski definition) is 1. The van der Waals surface area contributed by atoms with Crippen molar-refractivity contribution >= 4 is 11.6 Å². The molecule has 1 N–H and O–H groups in total. The van der Waals surface area contributed by atoms with Gasteiger partial charge in [0.1, 0.15) is 0 Å². The second-order valence-electron chi connectivity index (χ2n) is 4.39. The summed E-state index contributed by atoms with van der Waals surface area (Å²) < 4.78 is 0.